The molecule has 0 spiro atoms. The predicted octanol–water partition coefficient (Wildman–Crippen LogP) is 2.19. The molecule has 3 heteroatoms. The number of allylic oxidation sites excluding steroid dienone is 1. The fraction of sp³-hybridized carbons (Fsp3) is 0.200. The van der Waals surface area contributed by atoms with E-state index in [-0.39, 0.29) is 15.6 Å². The second-order valence-corrected chi connectivity index (χ2v) is 2.50. The zero-order valence-electron chi connectivity index (χ0n) is 7.79. The molecule has 13 heavy (non-hydrogen) atoms. The van der Waals surface area contributed by atoms with Crippen molar-refractivity contribution in [2.75, 3.05) is 7.11 Å². The summed E-state index contributed by atoms with van der Waals surface area (Å²) in [5.41, 5.74) is 1.08. The van der Waals surface area contributed by atoms with Crippen LogP contribution in [0, 0.1) is 0 Å². The smallest absolute Gasteiger partial charge is 0.160 e. The van der Waals surface area contributed by atoms with Gasteiger partial charge in [-0.25, -0.2) is 0 Å². The molecule has 0 bridgehead atoms. The van der Waals surface area contributed by atoms with Crippen LogP contribution < -0.4 is 4.74 Å². The number of hydrogen-bond acceptors (Lipinski definition) is 2. The first-order valence-electron chi connectivity index (χ1n) is 3.74. The van der Waals surface area contributed by atoms with Gasteiger partial charge in [0, 0.05) is 0 Å². The van der Waals surface area contributed by atoms with Gasteiger partial charge in [-0.15, -0.1) is 6.58 Å². The van der Waals surface area contributed by atoms with Gasteiger partial charge in [0.25, 0.3) is 0 Å². The van der Waals surface area contributed by atoms with E-state index in [2.05, 4.69) is 6.58 Å². The van der Waals surface area contributed by atoms with E-state index in [0.717, 1.165) is 12.0 Å². The standard InChI is InChI=1S/C10H12O2.H3P/c1-3-4-8-5-6-9(11)10(7-8)12-2;/h3,5-7,11H,1,4H2,2H3;1H3. The van der Waals surface area contributed by atoms with Gasteiger partial charge in [-0.1, -0.05) is 12.1 Å². The number of phenolic OH excluding ortho intramolecular Hbond substituents is 1. The van der Waals surface area contributed by atoms with Gasteiger partial charge < -0.3 is 9.84 Å². The second kappa shape index (κ2) is 5.60. The summed E-state index contributed by atoms with van der Waals surface area (Å²) in [6.45, 7) is 3.63. The van der Waals surface area contributed by atoms with E-state index in [4.69, 9.17) is 4.74 Å². The number of aromatic hydroxyl groups is 1. The third-order valence-corrected chi connectivity index (χ3v) is 1.62. The van der Waals surface area contributed by atoms with Crippen LogP contribution in [0.4, 0.5) is 0 Å². The van der Waals surface area contributed by atoms with Crippen LogP contribution in [-0.4, -0.2) is 12.2 Å². The first-order valence-corrected chi connectivity index (χ1v) is 3.74. The van der Waals surface area contributed by atoms with Gasteiger partial charge in [0.2, 0.25) is 0 Å². The third kappa shape index (κ3) is 3.08. The SMILES string of the molecule is C=CCc1ccc(O)c(OC)c1.P. The van der Waals surface area contributed by atoms with E-state index >= 15 is 0 Å². The first-order chi connectivity index (χ1) is 5.77. The minimum atomic E-state index is 0. The quantitative estimate of drug-likeness (QED) is 0.596. The Morgan fingerprint density at radius 2 is 2.23 bits per heavy atom. The van der Waals surface area contributed by atoms with Gasteiger partial charge in [-0.05, 0) is 24.1 Å². The molecule has 0 aromatic heterocycles. The van der Waals surface area contributed by atoms with Crippen LogP contribution in [0.25, 0.3) is 0 Å². The summed E-state index contributed by atoms with van der Waals surface area (Å²) in [4.78, 5) is 0. The average Bonchev–Trinajstić information content (AvgIpc) is 2.09. The number of methoxy groups -OCH3 is 1. The number of hydrogen-bond donors (Lipinski definition) is 1. The van der Waals surface area contributed by atoms with Crippen LogP contribution in [0.1, 0.15) is 5.56 Å². The number of phenols is 1. The molecule has 1 atom stereocenters. The Labute approximate surface area is 81.9 Å². The van der Waals surface area contributed by atoms with E-state index < -0.39 is 0 Å². The summed E-state index contributed by atoms with van der Waals surface area (Å²) >= 11 is 0. The molecule has 0 aliphatic heterocycles. The van der Waals surface area contributed by atoms with E-state index in [1.54, 1.807) is 12.1 Å². The minimum Gasteiger partial charge on any atom is -0.504 e. The summed E-state index contributed by atoms with van der Waals surface area (Å²) in [6.07, 6.45) is 2.60. The molecule has 1 unspecified atom stereocenters. The van der Waals surface area contributed by atoms with Crippen LogP contribution in [0.3, 0.4) is 0 Å². The van der Waals surface area contributed by atoms with E-state index in [0.29, 0.717) is 5.75 Å². The highest BCUT2D eigenvalue weighted by molar-refractivity contribution is 6.92. The average molecular weight is 198 g/mol. The summed E-state index contributed by atoms with van der Waals surface area (Å²) in [6, 6.07) is 5.27. The van der Waals surface area contributed by atoms with E-state index in [9.17, 15) is 5.11 Å². The van der Waals surface area contributed by atoms with Gasteiger partial charge >= 0.3 is 0 Å². The Morgan fingerprint density at radius 3 is 2.77 bits per heavy atom. The van der Waals surface area contributed by atoms with Gasteiger partial charge in [0.05, 0.1) is 7.11 Å². The van der Waals surface area contributed by atoms with Crippen molar-refractivity contribution in [1.82, 2.24) is 0 Å². The first kappa shape index (κ1) is 12.0. The fourth-order valence-electron chi connectivity index (χ4n) is 1.02. The molecule has 0 saturated heterocycles. The Balaban J connectivity index is 0.00000144. The fourth-order valence-corrected chi connectivity index (χ4v) is 1.02. The maximum atomic E-state index is 9.25. The summed E-state index contributed by atoms with van der Waals surface area (Å²) in [5.74, 6) is 0.680. The van der Waals surface area contributed by atoms with Crippen LogP contribution in [0.15, 0.2) is 30.9 Å². The molecule has 1 N–H and O–H groups in total. The summed E-state index contributed by atoms with van der Waals surface area (Å²) < 4.78 is 4.95. The molecule has 0 amide bonds. The normalized spacial score (nSPS) is 8.69. The lowest BCUT2D eigenvalue weighted by molar-refractivity contribution is 0.373. The van der Waals surface area contributed by atoms with Crippen molar-refractivity contribution in [2.24, 2.45) is 0 Å². The zero-order valence-corrected chi connectivity index (χ0v) is 9.20. The van der Waals surface area contributed by atoms with Crippen LogP contribution in [-0.2, 0) is 6.42 Å². The second-order valence-electron chi connectivity index (χ2n) is 2.50. The van der Waals surface area contributed by atoms with Crippen LogP contribution in [0.2, 0.25) is 0 Å². The van der Waals surface area contributed by atoms with Crippen molar-refractivity contribution in [1.29, 1.82) is 0 Å². The van der Waals surface area contributed by atoms with Crippen molar-refractivity contribution >= 4 is 9.90 Å². The molecule has 72 valence electrons. The highest BCUT2D eigenvalue weighted by Gasteiger charge is 2.00. The maximum absolute atomic E-state index is 9.25. The van der Waals surface area contributed by atoms with Gasteiger partial charge in [0.15, 0.2) is 11.5 Å². The number of benzene rings is 1. The molecule has 0 heterocycles. The molecule has 0 fully saturated rings. The van der Waals surface area contributed by atoms with Crippen molar-refractivity contribution < 1.29 is 9.84 Å². The molecule has 0 saturated carbocycles. The summed E-state index contributed by atoms with van der Waals surface area (Å²) in [5, 5.41) is 9.25. The number of ether oxygens (including phenoxy) is 1. The Kier molecular flexibility index (Phi) is 5.17. The van der Waals surface area contributed by atoms with Crippen molar-refractivity contribution in [2.45, 2.75) is 6.42 Å². The lowest BCUT2D eigenvalue weighted by Gasteiger charge is -2.04. The molecular formula is C10H15O2P. The predicted molar refractivity (Wildman–Crippen MR) is 59.7 cm³/mol. The minimum absolute atomic E-state index is 0. The van der Waals surface area contributed by atoms with Crippen molar-refractivity contribution in [3.8, 4) is 11.5 Å². The van der Waals surface area contributed by atoms with Crippen LogP contribution >= 0.6 is 9.90 Å². The third-order valence-electron chi connectivity index (χ3n) is 1.62. The van der Waals surface area contributed by atoms with E-state index in [1.807, 2.05) is 12.1 Å². The molecule has 0 radical (unpaired) electrons. The highest BCUT2D eigenvalue weighted by atomic mass is 31.0. The highest BCUT2D eigenvalue weighted by Crippen LogP contribution is 2.26. The molecule has 0 aliphatic rings. The topological polar surface area (TPSA) is 29.5 Å². The van der Waals surface area contributed by atoms with Gasteiger partial charge in [0.1, 0.15) is 0 Å². The van der Waals surface area contributed by atoms with Crippen LogP contribution in [0.5, 0.6) is 11.5 Å². The monoisotopic (exact) mass is 198 g/mol. The Bertz CT molecular complexity index is 284. The maximum Gasteiger partial charge on any atom is 0.160 e. The number of rotatable bonds is 3. The lowest BCUT2D eigenvalue weighted by Crippen LogP contribution is -1.86. The molecule has 2 nitrogen and oxygen atoms in total. The molecule has 1 aromatic rings. The van der Waals surface area contributed by atoms with Gasteiger partial charge in [-0.3, -0.25) is 0 Å². The summed E-state index contributed by atoms with van der Waals surface area (Å²) in [7, 11) is 1.53. The van der Waals surface area contributed by atoms with Gasteiger partial charge in [-0.2, -0.15) is 9.90 Å². The largest absolute Gasteiger partial charge is 0.504 e. The van der Waals surface area contributed by atoms with Crippen molar-refractivity contribution in [3.63, 3.8) is 0 Å². The molecular weight excluding hydrogens is 183 g/mol. The Morgan fingerprint density at radius 1 is 1.54 bits per heavy atom. The Hall–Kier alpha value is -1.01. The molecule has 1 aromatic carbocycles. The van der Waals surface area contributed by atoms with E-state index in [1.165, 1.54) is 7.11 Å². The molecule has 0 aliphatic carbocycles. The molecule has 1 rings (SSSR count). The van der Waals surface area contributed by atoms with Crippen molar-refractivity contribution in [3.05, 3.63) is 36.4 Å². The lowest BCUT2D eigenvalue weighted by atomic mass is 10.1. The zero-order chi connectivity index (χ0) is 8.97.